The average Bonchev–Trinajstić information content (AvgIpc) is 2.38. The van der Waals surface area contributed by atoms with Crippen LogP contribution in [0.25, 0.3) is 0 Å². The summed E-state index contributed by atoms with van der Waals surface area (Å²) in [5, 5.41) is 14.7. The zero-order valence-corrected chi connectivity index (χ0v) is 12.8. The maximum absolute atomic E-state index is 12.6. The average molecular weight is 280 g/mol. The molecule has 114 valence electrons. The standard InChI is InChI=1S/C16H28N2O2/c1-12(2)18-14(19)17-15(9-5-3-6-10-15)13-8-4-7-11-16(13,18)20/h12-13,20H,3-11H2,1-2H3,(H,17,19)/t13-,16-/m0/s1. The third kappa shape index (κ3) is 1.95. The molecule has 1 heterocycles. The van der Waals surface area contributed by atoms with Gasteiger partial charge in [-0.2, -0.15) is 0 Å². The van der Waals surface area contributed by atoms with Gasteiger partial charge in [-0.05, 0) is 46.0 Å². The predicted octanol–water partition coefficient (Wildman–Crippen LogP) is 3.00. The summed E-state index contributed by atoms with van der Waals surface area (Å²) in [5.74, 6) is 0.198. The van der Waals surface area contributed by atoms with Crippen LogP contribution in [0.2, 0.25) is 0 Å². The summed E-state index contributed by atoms with van der Waals surface area (Å²) < 4.78 is 0. The molecule has 0 aromatic rings. The van der Waals surface area contributed by atoms with E-state index in [1.54, 1.807) is 4.90 Å². The van der Waals surface area contributed by atoms with Crippen LogP contribution in [0.15, 0.2) is 0 Å². The van der Waals surface area contributed by atoms with E-state index in [2.05, 4.69) is 5.32 Å². The normalized spacial score (nSPS) is 36.9. The monoisotopic (exact) mass is 280 g/mol. The molecule has 0 bridgehead atoms. The van der Waals surface area contributed by atoms with Gasteiger partial charge in [-0.3, -0.25) is 4.90 Å². The van der Waals surface area contributed by atoms with Crippen molar-refractivity contribution in [1.82, 2.24) is 10.2 Å². The molecule has 2 atom stereocenters. The Hall–Kier alpha value is -0.770. The van der Waals surface area contributed by atoms with Gasteiger partial charge in [0.2, 0.25) is 0 Å². The molecule has 3 aliphatic rings. The molecule has 2 saturated carbocycles. The maximum atomic E-state index is 12.6. The minimum atomic E-state index is -0.925. The number of carbonyl (C=O) groups is 1. The molecule has 1 aliphatic heterocycles. The van der Waals surface area contributed by atoms with Crippen LogP contribution in [-0.4, -0.2) is 33.3 Å². The number of aliphatic hydroxyl groups is 1. The van der Waals surface area contributed by atoms with E-state index in [1.807, 2.05) is 13.8 Å². The van der Waals surface area contributed by atoms with Crippen molar-refractivity contribution in [3.05, 3.63) is 0 Å². The Labute approximate surface area is 121 Å². The number of amides is 2. The number of nitrogens with zero attached hydrogens (tertiary/aromatic N) is 1. The van der Waals surface area contributed by atoms with Gasteiger partial charge in [-0.25, -0.2) is 4.79 Å². The number of hydrogen-bond donors (Lipinski definition) is 2. The Balaban J connectivity index is 1.99. The Morgan fingerprint density at radius 1 is 1.15 bits per heavy atom. The predicted molar refractivity (Wildman–Crippen MR) is 78.2 cm³/mol. The van der Waals surface area contributed by atoms with Crippen molar-refractivity contribution < 1.29 is 9.90 Å². The van der Waals surface area contributed by atoms with Gasteiger partial charge in [0, 0.05) is 17.5 Å². The highest BCUT2D eigenvalue weighted by atomic mass is 16.3. The van der Waals surface area contributed by atoms with Crippen LogP contribution in [-0.2, 0) is 0 Å². The van der Waals surface area contributed by atoms with E-state index in [-0.39, 0.29) is 23.5 Å². The Kier molecular flexibility index (Phi) is 3.47. The molecule has 2 amide bonds. The quantitative estimate of drug-likeness (QED) is 0.776. The molecule has 3 fully saturated rings. The molecular formula is C16H28N2O2. The molecular weight excluding hydrogens is 252 g/mol. The lowest BCUT2D eigenvalue weighted by atomic mass is 9.62. The summed E-state index contributed by atoms with van der Waals surface area (Å²) in [6.45, 7) is 4.00. The zero-order valence-electron chi connectivity index (χ0n) is 12.8. The number of hydrogen-bond acceptors (Lipinski definition) is 2. The molecule has 0 aromatic heterocycles. The highest BCUT2D eigenvalue weighted by Crippen LogP contribution is 2.50. The molecule has 3 rings (SSSR count). The molecule has 0 radical (unpaired) electrons. The van der Waals surface area contributed by atoms with E-state index < -0.39 is 5.72 Å². The van der Waals surface area contributed by atoms with Gasteiger partial charge < -0.3 is 10.4 Å². The van der Waals surface area contributed by atoms with Crippen LogP contribution in [0, 0.1) is 5.92 Å². The summed E-state index contributed by atoms with van der Waals surface area (Å²) in [7, 11) is 0. The third-order valence-corrected chi connectivity index (χ3v) is 5.77. The molecule has 2 N–H and O–H groups in total. The van der Waals surface area contributed by atoms with Crippen molar-refractivity contribution in [2.75, 3.05) is 0 Å². The van der Waals surface area contributed by atoms with E-state index in [0.29, 0.717) is 0 Å². The van der Waals surface area contributed by atoms with Gasteiger partial charge >= 0.3 is 6.03 Å². The van der Waals surface area contributed by atoms with Gasteiger partial charge in [-0.15, -0.1) is 0 Å². The highest BCUT2D eigenvalue weighted by Gasteiger charge is 2.60. The number of fused-ring (bicyclic) bond motifs is 2. The lowest BCUT2D eigenvalue weighted by Gasteiger charge is -2.61. The largest absolute Gasteiger partial charge is 0.370 e. The SMILES string of the molecule is CC(C)N1C(=O)NC2(CCCCC2)[C@@H]2CCCC[C@]21O. The van der Waals surface area contributed by atoms with Crippen LogP contribution >= 0.6 is 0 Å². The lowest BCUT2D eigenvalue weighted by Crippen LogP contribution is -2.76. The van der Waals surface area contributed by atoms with Crippen molar-refractivity contribution >= 4 is 6.03 Å². The Bertz CT molecular complexity index is 390. The van der Waals surface area contributed by atoms with Crippen LogP contribution in [0.3, 0.4) is 0 Å². The topological polar surface area (TPSA) is 52.6 Å². The third-order valence-electron chi connectivity index (χ3n) is 5.77. The fourth-order valence-electron chi connectivity index (χ4n) is 5.02. The molecule has 0 aromatic carbocycles. The second kappa shape index (κ2) is 4.90. The van der Waals surface area contributed by atoms with Crippen molar-refractivity contribution in [3.8, 4) is 0 Å². The molecule has 1 saturated heterocycles. The van der Waals surface area contributed by atoms with E-state index in [1.165, 1.54) is 25.7 Å². The first-order chi connectivity index (χ1) is 9.50. The zero-order chi connectivity index (χ0) is 14.4. The molecule has 4 nitrogen and oxygen atoms in total. The van der Waals surface area contributed by atoms with E-state index in [9.17, 15) is 9.90 Å². The van der Waals surface area contributed by atoms with E-state index in [4.69, 9.17) is 0 Å². The number of urea groups is 1. The molecule has 0 unspecified atom stereocenters. The minimum Gasteiger partial charge on any atom is -0.370 e. The number of rotatable bonds is 1. The summed E-state index contributed by atoms with van der Waals surface area (Å²) >= 11 is 0. The highest BCUT2D eigenvalue weighted by molar-refractivity contribution is 5.77. The van der Waals surface area contributed by atoms with Crippen LogP contribution < -0.4 is 5.32 Å². The maximum Gasteiger partial charge on any atom is 0.320 e. The fourth-order valence-corrected chi connectivity index (χ4v) is 5.02. The summed E-state index contributed by atoms with van der Waals surface area (Å²) in [5.41, 5.74) is -1.07. The number of nitrogens with one attached hydrogen (secondary N) is 1. The summed E-state index contributed by atoms with van der Waals surface area (Å²) in [6.07, 6.45) is 9.68. The van der Waals surface area contributed by atoms with Gasteiger partial charge in [0.15, 0.2) is 0 Å². The minimum absolute atomic E-state index is 0.0431. The first-order valence-electron chi connectivity index (χ1n) is 8.33. The summed E-state index contributed by atoms with van der Waals surface area (Å²) in [4.78, 5) is 14.3. The second-order valence-corrected chi connectivity index (χ2v) is 7.29. The fraction of sp³-hybridized carbons (Fsp3) is 0.938. The van der Waals surface area contributed by atoms with Crippen LogP contribution in [0.4, 0.5) is 4.79 Å². The van der Waals surface area contributed by atoms with Crippen molar-refractivity contribution in [1.29, 1.82) is 0 Å². The molecule has 1 spiro atoms. The summed E-state index contributed by atoms with van der Waals surface area (Å²) in [6, 6.07) is -0.0101. The number of carbonyl (C=O) groups excluding carboxylic acids is 1. The van der Waals surface area contributed by atoms with E-state index >= 15 is 0 Å². The van der Waals surface area contributed by atoms with Crippen molar-refractivity contribution in [3.63, 3.8) is 0 Å². The Morgan fingerprint density at radius 3 is 2.45 bits per heavy atom. The van der Waals surface area contributed by atoms with Gasteiger partial charge in [0.1, 0.15) is 5.72 Å². The molecule has 2 aliphatic carbocycles. The van der Waals surface area contributed by atoms with Gasteiger partial charge in [0.05, 0.1) is 0 Å². The molecule has 20 heavy (non-hydrogen) atoms. The Morgan fingerprint density at radius 2 is 1.80 bits per heavy atom. The van der Waals surface area contributed by atoms with Crippen molar-refractivity contribution in [2.24, 2.45) is 5.92 Å². The first kappa shape index (κ1) is 14.2. The van der Waals surface area contributed by atoms with E-state index in [0.717, 1.165) is 32.1 Å². The van der Waals surface area contributed by atoms with Crippen LogP contribution in [0.5, 0.6) is 0 Å². The van der Waals surface area contributed by atoms with Gasteiger partial charge in [-0.1, -0.05) is 25.7 Å². The first-order valence-corrected chi connectivity index (χ1v) is 8.33. The second-order valence-electron chi connectivity index (χ2n) is 7.29. The lowest BCUT2D eigenvalue weighted by molar-refractivity contribution is -0.199. The smallest absolute Gasteiger partial charge is 0.320 e. The van der Waals surface area contributed by atoms with Crippen molar-refractivity contribution in [2.45, 2.75) is 88.9 Å². The van der Waals surface area contributed by atoms with Gasteiger partial charge in [0.25, 0.3) is 0 Å². The molecule has 4 heteroatoms. The van der Waals surface area contributed by atoms with Crippen LogP contribution in [0.1, 0.15) is 71.6 Å².